The lowest BCUT2D eigenvalue weighted by Crippen LogP contribution is -2.12. The summed E-state index contributed by atoms with van der Waals surface area (Å²) in [5.41, 5.74) is 6.99. The first-order chi connectivity index (χ1) is 7.81. The molecule has 1 aromatic rings. The SMILES string of the molecule is CCCSCc1nc(C(CN)CCC)cs1. The Morgan fingerprint density at radius 3 is 2.88 bits per heavy atom. The summed E-state index contributed by atoms with van der Waals surface area (Å²) in [6, 6.07) is 0. The molecule has 92 valence electrons. The summed E-state index contributed by atoms with van der Waals surface area (Å²) in [5, 5.41) is 3.44. The van der Waals surface area contributed by atoms with Crippen LogP contribution in [0.1, 0.15) is 49.7 Å². The van der Waals surface area contributed by atoms with E-state index >= 15 is 0 Å². The van der Waals surface area contributed by atoms with Gasteiger partial charge >= 0.3 is 0 Å². The van der Waals surface area contributed by atoms with Gasteiger partial charge in [0.15, 0.2) is 0 Å². The number of nitrogens with two attached hydrogens (primary N) is 1. The molecule has 1 aromatic heterocycles. The number of thiazole rings is 1. The van der Waals surface area contributed by atoms with Gasteiger partial charge in [0.05, 0.1) is 5.69 Å². The molecule has 0 aromatic carbocycles. The van der Waals surface area contributed by atoms with Crippen molar-refractivity contribution in [3.05, 3.63) is 16.1 Å². The van der Waals surface area contributed by atoms with Crippen LogP contribution in [0.3, 0.4) is 0 Å². The number of rotatable bonds is 8. The van der Waals surface area contributed by atoms with E-state index in [1.54, 1.807) is 11.3 Å². The Bertz CT molecular complexity index is 286. The molecule has 0 spiro atoms. The van der Waals surface area contributed by atoms with Crippen LogP contribution in [0.2, 0.25) is 0 Å². The molecule has 1 atom stereocenters. The highest BCUT2D eigenvalue weighted by Crippen LogP contribution is 2.24. The zero-order valence-electron chi connectivity index (χ0n) is 10.2. The maximum absolute atomic E-state index is 5.78. The number of nitrogens with zero attached hydrogens (tertiary/aromatic N) is 1. The molecule has 2 N–H and O–H groups in total. The van der Waals surface area contributed by atoms with Gasteiger partial charge in [-0.3, -0.25) is 0 Å². The maximum Gasteiger partial charge on any atom is 0.103 e. The summed E-state index contributed by atoms with van der Waals surface area (Å²) < 4.78 is 0. The van der Waals surface area contributed by atoms with E-state index < -0.39 is 0 Å². The third kappa shape index (κ3) is 4.44. The van der Waals surface area contributed by atoms with Gasteiger partial charge in [-0.1, -0.05) is 20.3 Å². The molecule has 4 heteroatoms. The van der Waals surface area contributed by atoms with Crippen LogP contribution in [0.5, 0.6) is 0 Å². The molecule has 0 saturated carbocycles. The average Bonchev–Trinajstić information content (AvgIpc) is 2.75. The fourth-order valence-corrected chi connectivity index (χ4v) is 3.47. The number of hydrogen-bond acceptors (Lipinski definition) is 4. The molecule has 0 radical (unpaired) electrons. The molecule has 0 aliphatic heterocycles. The molecule has 0 fully saturated rings. The molecule has 0 aliphatic carbocycles. The minimum absolute atomic E-state index is 0.464. The molecular formula is C12H22N2S2. The van der Waals surface area contributed by atoms with Gasteiger partial charge < -0.3 is 5.73 Å². The van der Waals surface area contributed by atoms with Crippen molar-refractivity contribution in [3.8, 4) is 0 Å². The van der Waals surface area contributed by atoms with Crippen LogP contribution in [-0.2, 0) is 5.75 Å². The lowest BCUT2D eigenvalue weighted by Gasteiger charge is -2.09. The van der Waals surface area contributed by atoms with Crippen molar-refractivity contribution >= 4 is 23.1 Å². The highest BCUT2D eigenvalue weighted by molar-refractivity contribution is 7.98. The molecule has 16 heavy (non-hydrogen) atoms. The Morgan fingerprint density at radius 2 is 2.25 bits per heavy atom. The van der Waals surface area contributed by atoms with Gasteiger partial charge in [-0.25, -0.2) is 4.98 Å². The molecule has 1 unspecified atom stereocenters. The van der Waals surface area contributed by atoms with Gasteiger partial charge in [0.2, 0.25) is 0 Å². The molecule has 0 amide bonds. The van der Waals surface area contributed by atoms with Crippen molar-refractivity contribution in [1.29, 1.82) is 0 Å². The summed E-state index contributed by atoms with van der Waals surface area (Å²) in [6.07, 6.45) is 3.57. The summed E-state index contributed by atoms with van der Waals surface area (Å²) >= 11 is 3.75. The van der Waals surface area contributed by atoms with Gasteiger partial charge in [-0.15, -0.1) is 11.3 Å². The Labute approximate surface area is 107 Å². The second kappa shape index (κ2) is 8.09. The maximum atomic E-state index is 5.78. The largest absolute Gasteiger partial charge is 0.330 e. The zero-order valence-corrected chi connectivity index (χ0v) is 11.9. The van der Waals surface area contributed by atoms with Gasteiger partial charge in [-0.2, -0.15) is 11.8 Å². The van der Waals surface area contributed by atoms with E-state index in [9.17, 15) is 0 Å². The summed E-state index contributed by atoms with van der Waals surface area (Å²) in [5.74, 6) is 2.75. The van der Waals surface area contributed by atoms with Crippen LogP contribution >= 0.6 is 23.1 Å². The van der Waals surface area contributed by atoms with Crippen molar-refractivity contribution in [3.63, 3.8) is 0 Å². The van der Waals surface area contributed by atoms with Gasteiger partial charge in [0.25, 0.3) is 0 Å². The van der Waals surface area contributed by atoms with Crippen LogP contribution in [0, 0.1) is 0 Å². The summed E-state index contributed by atoms with van der Waals surface area (Å²) in [7, 11) is 0. The molecular weight excluding hydrogens is 236 g/mol. The predicted molar refractivity (Wildman–Crippen MR) is 75.3 cm³/mol. The van der Waals surface area contributed by atoms with Crippen molar-refractivity contribution in [2.24, 2.45) is 5.73 Å². The summed E-state index contributed by atoms with van der Waals surface area (Å²) in [6.45, 7) is 5.14. The van der Waals surface area contributed by atoms with E-state index in [0.717, 1.165) is 18.7 Å². The van der Waals surface area contributed by atoms with Crippen molar-refractivity contribution in [1.82, 2.24) is 4.98 Å². The molecule has 1 heterocycles. The van der Waals surface area contributed by atoms with Gasteiger partial charge in [0, 0.05) is 23.6 Å². The zero-order chi connectivity index (χ0) is 11.8. The fourth-order valence-electron chi connectivity index (χ4n) is 1.62. The third-order valence-electron chi connectivity index (χ3n) is 2.48. The first-order valence-electron chi connectivity index (χ1n) is 6.03. The topological polar surface area (TPSA) is 38.9 Å². The Hall–Kier alpha value is -0.0600. The average molecular weight is 258 g/mol. The molecule has 2 nitrogen and oxygen atoms in total. The number of hydrogen-bond donors (Lipinski definition) is 1. The molecule has 0 bridgehead atoms. The monoisotopic (exact) mass is 258 g/mol. The lowest BCUT2D eigenvalue weighted by atomic mass is 10.0. The van der Waals surface area contributed by atoms with E-state index in [1.165, 1.54) is 29.3 Å². The third-order valence-corrected chi connectivity index (χ3v) is 4.71. The van der Waals surface area contributed by atoms with Gasteiger partial charge in [0.1, 0.15) is 5.01 Å². The highest BCUT2D eigenvalue weighted by atomic mass is 32.2. The highest BCUT2D eigenvalue weighted by Gasteiger charge is 2.12. The Kier molecular flexibility index (Phi) is 7.08. The second-order valence-corrected chi connectivity index (χ2v) is 5.99. The van der Waals surface area contributed by atoms with Crippen molar-refractivity contribution in [2.45, 2.75) is 44.8 Å². The van der Waals surface area contributed by atoms with Crippen LogP contribution in [-0.4, -0.2) is 17.3 Å². The molecule has 1 rings (SSSR count). The van der Waals surface area contributed by atoms with Crippen LogP contribution < -0.4 is 5.73 Å². The van der Waals surface area contributed by atoms with E-state index in [4.69, 9.17) is 5.73 Å². The van der Waals surface area contributed by atoms with Crippen LogP contribution in [0.15, 0.2) is 5.38 Å². The van der Waals surface area contributed by atoms with Gasteiger partial charge in [-0.05, 0) is 18.6 Å². The van der Waals surface area contributed by atoms with Crippen molar-refractivity contribution in [2.75, 3.05) is 12.3 Å². The standard InChI is InChI=1S/C12H22N2S2/c1-3-5-10(7-13)11-8-16-12(14-11)9-15-6-4-2/h8,10H,3-7,9,13H2,1-2H3. The lowest BCUT2D eigenvalue weighted by molar-refractivity contribution is 0.609. The number of thioether (sulfide) groups is 1. The minimum atomic E-state index is 0.464. The van der Waals surface area contributed by atoms with Crippen LogP contribution in [0.25, 0.3) is 0 Å². The first kappa shape index (κ1) is 14.0. The van der Waals surface area contributed by atoms with E-state index in [1.807, 2.05) is 11.8 Å². The smallest absolute Gasteiger partial charge is 0.103 e. The second-order valence-electron chi connectivity index (χ2n) is 3.94. The normalized spacial score (nSPS) is 12.9. The molecule has 0 saturated heterocycles. The van der Waals surface area contributed by atoms with E-state index in [0.29, 0.717) is 5.92 Å². The minimum Gasteiger partial charge on any atom is -0.330 e. The fraction of sp³-hybridized carbons (Fsp3) is 0.750. The van der Waals surface area contributed by atoms with E-state index in [-0.39, 0.29) is 0 Å². The first-order valence-corrected chi connectivity index (χ1v) is 8.07. The predicted octanol–water partition coefficient (Wildman–Crippen LogP) is 3.63. The van der Waals surface area contributed by atoms with E-state index in [2.05, 4.69) is 24.2 Å². The Morgan fingerprint density at radius 1 is 1.44 bits per heavy atom. The molecule has 0 aliphatic rings. The Balaban J connectivity index is 2.48. The number of aromatic nitrogens is 1. The van der Waals surface area contributed by atoms with Crippen molar-refractivity contribution < 1.29 is 0 Å². The quantitative estimate of drug-likeness (QED) is 0.724. The summed E-state index contributed by atoms with van der Waals surface area (Å²) in [4.78, 5) is 4.69. The van der Waals surface area contributed by atoms with Crippen LogP contribution in [0.4, 0.5) is 0 Å².